The quantitative estimate of drug-likeness (QED) is 0.436. The molecule has 0 unspecified atom stereocenters. The maximum atomic E-state index is 13.4. The molecule has 9 heteroatoms. The fraction of sp³-hybridized carbons (Fsp3) is 0.333. The highest BCUT2D eigenvalue weighted by Gasteiger charge is 2.33. The lowest BCUT2D eigenvalue weighted by molar-refractivity contribution is 0.525. The molecule has 0 bridgehead atoms. The van der Waals surface area contributed by atoms with Crippen LogP contribution < -0.4 is 8.61 Å². The molecule has 0 N–H and O–H groups in total. The van der Waals surface area contributed by atoms with Gasteiger partial charge in [-0.2, -0.15) is 0 Å². The van der Waals surface area contributed by atoms with Crippen LogP contribution in [0.5, 0.6) is 0 Å². The minimum absolute atomic E-state index is 0.0466. The number of hydrogen-bond acceptors (Lipinski definition) is 5. The number of hydrogen-bond donors (Lipinski definition) is 0. The lowest BCUT2D eigenvalue weighted by Gasteiger charge is -2.27. The van der Waals surface area contributed by atoms with E-state index in [1.54, 1.807) is 76.2 Å². The third-order valence-corrected chi connectivity index (χ3v) is 9.08. The molecule has 33 heavy (non-hydrogen) atoms. The maximum absolute atomic E-state index is 13.4. The molecule has 0 radical (unpaired) electrons. The molecule has 0 atom stereocenters. The summed E-state index contributed by atoms with van der Waals surface area (Å²) in [6, 6.07) is 15.2. The maximum Gasteiger partial charge on any atom is 0.266 e. The van der Waals surface area contributed by atoms with E-state index in [0.717, 1.165) is 19.7 Å². The first-order chi connectivity index (χ1) is 15.4. The van der Waals surface area contributed by atoms with Gasteiger partial charge in [0.2, 0.25) is 11.8 Å². The van der Waals surface area contributed by atoms with E-state index in [1.807, 2.05) is 13.8 Å². The average molecular weight is 493 g/mol. The van der Waals surface area contributed by atoms with Gasteiger partial charge < -0.3 is 4.42 Å². The minimum Gasteiger partial charge on any atom is -0.423 e. The van der Waals surface area contributed by atoms with Crippen molar-refractivity contribution < 1.29 is 21.3 Å². The zero-order chi connectivity index (χ0) is 24.6. The van der Waals surface area contributed by atoms with E-state index in [-0.39, 0.29) is 21.6 Å². The van der Waals surface area contributed by atoms with Gasteiger partial charge >= 0.3 is 0 Å². The van der Waals surface area contributed by atoms with Gasteiger partial charge in [-0.1, -0.05) is 35.4 Å². The molecule has 1 heterocycles. The van der Waals surface area contributed by atoms with Gasteiger partial charge in [0.25, 0.3) is 20.0 Å². The summed E-state index contributed by atoms with van der Waals surface area (Å²) in [6.07, 6.45) is 0. The Morgan fingerprint density at radius 1 is 0.576 bits per heavy atom. The van der Waals surface area contributed by atoms with Crippen molar-refractivity contribution >= 4 is 31.8 Å². The van der Waals surface area contributed by atoms with E-state index in [0.29, 0.717) is 0 Å². The number of rotatable bonds is 8. The highest BCUT2D eigenvalue weighted by atomic mass is 32.2. The first kappa shape index (κ1) is 24.9. The van der Waals surface area contributed by atoms with E-state index in [9.17, 15) is 16.8 Å². The van der Waals surface area contributed by atoms with Gasteiger partial charge in [0.1, 0.15) is 0 Å². The first-order valence-corrected chi connectivity index (χ1v) is 13.6. The number of aryl methyl sites for hydroxylation is 2. The van der Waals surface area contributed by atoms with Crippen molar-refractivity contribution in [2.75, 3.05) is 8.61 Å². The summed E-state index contributed by atoms with van der Waals surface area (Å²) in [5.41, 5.74) is 1.89. The van der Waals surface area contributed by atoms with Crippen LogP contribution in [0.15, 0.2) is 74.9 Å². The molecule has 1 aromatic heterocycles. The first-order valence-electron chi connectivity index (χ1n) is 10.7. The fourth-order valence-electron chi connectivity index (χ4n) is 3.50. The number of anilines is 2. The van der Waals surface area contributed by atoms with Crippen LogP contribution in [0, 0.1) is 13.8 Å². The van der Waals surface area contributed by atoms with Crippen LogP contribution in [0.1, 0.15) is 38.8 Å². The standard InChI is InChI=1S/C24H30N2O5S2/c1-17(2)25(32(27,28)21-11-7-19(5)8-12-21)23-15-16-24(31-23)26(18(3)4)33(29,30)22-13-9-20(6)10-14-22/h7-18H,1-6H3/i31+2. The minimum atomic E-state index is -3.92. The smallest absolute Gasteiger partial charge is 0.266 e. The van der Waals surface area contributed by atoms with Crippen LogP contribution in [0.2, 0.25) is 0 Å². The topological polar surface area (TPSA) is 87.9 Å². The second-order valence-electron chi connectivity index (χ2n) is 8.53. The summed E-state index contributed by atoms with van der Waals surface area (Å²) in [6.45, 7) is 10.7. The van der Waals surface area contributed by atoms with Crippen molar-refractivity contribution in [2.24, 2.45) is 0 Å². The third-order valence-electron chi connectivity index (χ3n) is 5.11. The van der Waals surface area contributed by atoms with Gasteiger partial charge in [0, 0.05) is 24.2 Å². The van der Waals surface area contributed by atoms with Crippen LogP contribution in [-0.4, -0.2) is 28.9 Å². The predicted octanol–water partition coefficient (Wildman–Crippen LogP) is 5.10. The van der Waals surface area contributed by atoms with Gasteiger partial charge in [-0.05, 0) is 65.8 Å². The third kappa shape index (κ3) is 4.94. The van der Waals surface area contributed by atoms with E-state index >= 15 is 0 Å². The molecule has 2 aromatic carbocycles. The molecule has 3 aromatic rings. The van der Waals surface area contributed by atoms with E-state index in [4.69, 9.17) is 4.42 Å². The zero-order valence-corrected chi connectivity index (χ0v) is 21.3. The van der Waals surface area contributed by atoms with Crippen molar-refractivity contribution in [3.8, 4) is 0 Å². The largest absolute Gasteiger partial charge is 0.423 e. The Labute approximate surface area is 196 Å². The highest BCUT2D eigenvalue weighted by molar-refractivity contribution is 7.93. The number of benzene rings is 2. The van der Waals surface area contributed by atoms with Gasteiger partial charge in [0.15, 0.2) is 0 Å². The lowest BCUT2D eigenvalue weighted by Crippen LogP contribution is -2.37. The van der Waals surface area contributed by atoms with E-state index in [2.05, 4.69) is 0 Å². The molecular weight excluding hydrogens is 462 g/mol. The van der Waals surface area contributed by atoms with Crippen molar-refractivity contribution in [2.45, 2.75) is 63.4 Å². The monoisotopic (exact) mass is 492 g/mol. The van der Waals surface area contributed by atoms with Crippen LogP contribution >= 0.6 is 0 Å². The second-order valence-corrected chi connectivity index (χ2v) is 12.2. The van der Waals surface area contributed by atoms with Crippen molar-refractivity contribution in [1.29, 1.82) is 0 Å². The SMILES string of the molecule is Cc1ccc(S(=O)(=O)N(c2ccc(N(C(C)C)S(=O)(=O)c3ccc(C)cc3)[18o]2)C(C)C)cc1. The van der Waals surface area contributed by atoms with E-state index in [1.165, 1.54) is 12.1 Å². The van der Waals surface area contributed by atoms with Gasteiger partial charge in [-0.15, -0.1) is 0 Å². The van der Waals surface area contributed by atoms with Gasteiger partial charge in [-0.25, -0.2) is 25.4 Å². The molecule has 178 valence electrons. The summed E-state index contributed by atoms with van der Waals surface area (Å²) >= 11 is 0. The normalized spacial score (nSPS) is 12.4. The van der Waals surface area contributed by atoms with Crippen molar-refractivity contribution in [3.63, 3.8) is 0 Å². The molecule has 0 amide bonds. The fourth-order valence-corrected chi connectivity index (χ4v) is 6.70. The van der Waals surface area contributed by atoms with Crippen LogP contribution in [-0.2, 0) is 20.0 Å². The Kier molecular flexibility index (Phi) is 6.95. The number of nitrogens with zero attached hydrogens (tertiary/aromatic N) is 2. The zero-order valence-electron chi connectivity index (χ0n) is 19.7. The molecule has 0 fully saturated rings. The Balaban J connectivity index is 2.06. The summed E-state index contributed by atoms with van der Waals surface area (Å²) in [4.78, 5) is 0.264. The molecule has 0 aliphatic carbocycles. The van der Waals surface area contributed by atoms with E-state index < -0.39 is 32.1 Å². The Hall–Kier alpha value is -2.78. The summed E-state index contributed by atoms with van der Waals surface area (Å²) in [5, 5.41) is 0. The van der Waals surface area contributed by atoms with Crippen LogP contribution in [0.3, 0.4) is 0 Å². The molecule has 0 aliphatic heterocycles. The Morgan fingerprint density at radius 2 is 0.879 bits per heavy atom. The predicted molar refractivity (Wildman–Crippen MR) is 131 cm³/mol. The number of furan rings is 1. The molecule has 7 nitrogen and oxygen atoms in total. The van der Waals surface area contributed by atoms with Crippen LogP contribution in [0.25, 0.3) is 0 Å². The van der Waals surface area contributed by atoms with Crippen molar-refractivity contribution in [3.05, 3.63) is 71.8 Å². The van der Waals surface area contributed by atoms with Crippen LogP contribution in [0.4, 0.5) is 11.8 Å². The molecule has 0 saturated carbocycles. The Bertz CT molecular complexity index is 1210. The Morgan fingerprint density at radius 3 is 1.15 bits per heavy atom. The van der Waals surface area contributed by atoms with Crippen molar-refractivity contribution in [1.82, 2.24) is 0 Å². The summed E-state index contributed by atoms with van der Waals surface area (Å²) in [5.74, 6) is 0.0932. The molecule has 3 rings (SSSR count). The molecular formula is C24H30N2O5S2. The summed E-state index contributed by atoms with van der Waals surface area (Å²) < 4.78 is 61.7. The molecule has 0 spiro atoms. The van der Waals surface area contributed by atoms with Gasteiger partial charge in [0.05, 0.1) is 9.79 Å². The summed E-state index contributed by atoms with van der Waals surface area (Å²) in [7, 11) is -7.85. The lowest BCUT2D eigenvalue weighted by atomic mass is 10.2. The average Bonchev–Trinajstić information content (AvgIpc) is 3.16. The second kappa shape index (κ2) is 9.23. The molecule has 0 saturated heterocycles. The highest BCUT2D eigenvalue weighted by Crippen LogP contribution is 2.34. The van der Waals surface area contributed by atoms with Gasteiger partial charge in [-0.3, -0.25) is 0 Å². The molecule has 0 aliphatic rings. The number of sulfonamides is 2.